The molecule has 3 aromatic rings. The van der Waals surface area contributed by atoms with E-state index in [4.69, 9.17) is 12.3 Å². The molecule has 1 aliphatic rings. The Kier molecular flexibility index (Phi) is 6.14. The normalized spacial score (nSPS) is 16.1. The summed E-state index contributed by atoms with van der Waals surface area (Å²) in [6.45, 7) is 11.5. The summed E-state index contributed by atoms with van der Waals surface area (Å²) in [4.78, 5) is 16.2. The third-order valence-corrected chi connectivity index (χ3v) is 7.72. The molecule has 0 radical (unpaired) electrons. The number of carbonyl (C=O) groups is 1. The minimum Gasteiger partial charge on any atom is -0.398 e. The number of sulfonamides is 1. The summed E-state index contributed by atoms with van der Waals surface area (Å²) >= 11 is 0. The summed E-state index contributed by atoms with van der Waals surface area (Å²) in [5, 5.41) is 0. The van der Waals surface area contributed by atoms with E-state index in [9.17, 15) is 13.2 Å². The molecule has 1 unspecified atom stereocenters. The fourth-order valence-corrected chi connectivity index (χ4v) is 5.69. The maximum absolute atomic E-state index is 13.5. The summed E-state index contributed by atoms with van der Waals surface area (Å²) < 4.78 is 28.4. The molecule has 7 heteroatoms. The first-order chi connectivity index (χ1) is 15.8. The van der Waals surface area contributed by atoms with Crippen molar-refractivity contribution < 1.29 is 13.2 Å². The van der Waals surface area contributed by atoms with Gasteiger partial charge in [0.2, 0.25) is 16.6 Å². The molecular weight excluding hydrogens is 434 g/mol. The van der Waals surface area contributed by atoms with E-state index in [1.165, 1.54) is 28.6 Å². The fraction of sp³-hybridized carbons (Fsp3) is 0.154. The number of para-hydroxylation sites is 1. The van der Waals surface area contributed by atoms with Gasteiger partial charge in [-0.25, -0.2) is 15.0 Å². The Hall–Kier alpha value is -3.73. The molecule has 0 saturated heterocycles. The molecule has 0 spiro atoms. The van der Waals surface area contributed by atoms with Gasteiger partial charge in [0, 0.05) is 24.2 Å². The number of benzene rings is 3. The van der Waals surface area contributed by atoms with Crippen LogP contribution in [-0.2, 0) is 16.4 Å². The van der Waals surface area contributed by atoms with E-state index in [0.29, 0.717) is 16.8 Å². The molecule has 166 valence electrons. The number of nitrogen functional groups attached to an aromatic ring is 1. The quantitative estimate of drug-likeness (QED) is 0.338. The SMILES string of the molecule is [C-]#[N+]CC1c2ccccc2C(=C)CN1S(=O)(=O)c1ccc(C(=O)Cc2ccccc2N)cc1. The predicted octanol–water partition coefficient (Wildman–Crippen LogP) is 4.37. The summed E-state index contributed by atoms with van der Waals surface area (Å²) in [5.74, 6) is -0.150. The van der Waals surface area contributed by atoms with E-state index >= 15 is 0 Å². The second-order valence-corrected chi connectivity index (χ2v) is 9.81. The number of carbonyl (C=O) groups excluding carboxylic acids is 1. The molecule has 1 aliphatic heterocycles. The van der Waals surface area contributed by atoms with Crippen LogP contribution in [0.2, 0.25) is 0 Å². The number of Topliss-reactive ketones (excluding diaryl/α,β-unsaturated/α-hetero) is 1. The Bertz CT molecular complexity index is 1370. The van der Waals surface area contributed by atoms with Crippen LogP contribution in [0.3, 0.4) is 0 Å². The van der Waals surface area contributed by atoms with Gasteiger partial charge in [-0.2, -0.15) is 4.31 Å². The Morgan fingerprint density at radius 3 is 2.42 bits per heavy atom. The number of nitrogens with zero attached hydrogens (tertiary/aromatic N) is 2. The first-order valence-corrected chi connectivity index (χ1v) is 11.9. The van der Waals surface area contributed by atoms with Crippen molar-refractivity contribution in [3.8, 4) is 0 Å². The molecule has 0 amide bonds. The summed E-state index contributed by atoms with van der Waals surface area (Å²) in [7, 11) is -3.92. The van der Waals surface area contributed by atoms with Crippen molar-refractivity contribution in [3.05, 3.63) is 113 Å². The molecule has 3 aromatic carbocycles. The van der Waals surface area contributed by atoms with Gasteiger partial charge in [-0.15, -0.1) is 0 Å². The topological polar surface area (TPSA) is 84.8 Å². The molecule has 0 aliphatic carbocycles. The van der Waals surface area contributed by atoms with Crippen molar-refractivity contribution in [3.63, 3.8) is 0 Å². The van der Waals surface area contributed by atoms with Crippen LogP contribution in [0, 0.1) is 6.57 Å². The second kappa shape index (κ2) is 9.02. The number of ketones is 1. The van der Waals surface area contributed by atoms with Gasteiger partial charge in [0.05, 0.1) is 4.90 Å². The van der Waals surface area contributed by atoms with Gasteiger partial charge < -0.3 is 10.6 Å². The van der Waals surface area contributed by atoms with Crippen molar-refractivity contribution in [2.75, 3.05) is 18.8 Å². The third kappa shape index (κ3) is 4.31. The zero-order chi connectivity index (χ0) is 23.6. The van der Waals surface area contributed by atoms with Crippen LogP contribution in [0.15, 0.2) is 84.3 Å². The van der Waals surface area contributed by atoms with Gasteiger partial charge in [0.1, 0.15) is 6.04 Å². The number of hydrogen-bond donors (Lipinski definition) is 1. The Morgan fingerprint density at radius 1 is 1.06 bits per heavy atom. The molecule has 33 heavy (non-hydrogen) atoms. The van der Waals surface area contributed by atoms with E-state index < -0.39 is 16.1 Å². The molecule has 2 N–H and O–H groups in total. The van der Waals surface area contributed by atoms with Crippen LogP contribution in [0.25, 0.3) is 10.4 Å². The van der Waals surface area contributed by atoms with Crippen molar-refractivity contribution in [2.24, 2.45) is 0 Å². The second-order valence-electron chi connectivity index (χ2n) is 7.92. The lowest BCUT2D eigenvalue weighted by molar-refractivity contribution is 0.0993. The molecule has 6 nitrogen and oxygen atoms in total. The molecule has 0 bridgehead atoms. The minimum atomic E-state index is -3.92. The first-order valence-electron chi connectivity index (χ1n) is 10.4. The number of nitrogens with two attached hydrogens (primary N) is 1. The average molecular weight is 458 g/mol. The highest BCUT2D eigenvalue weighted by Gasteiger charge is 2.39. The molecular formula is C26H23N3O3S. The zero-order valence-electron chi connectivity index (χ0n) is 17.9. The maximum Gasteiger partial charge on any atom is 0.244 e. The average Bonchev–Trinajstić information content (AvgIpc) is 2.82. The number of anilines is 1. The van der Waals surface area contributed by atoms with Gasteiger partial charge in [0.15, 0.2) is 5.78 Å². The molecule has 0 aromatic heterocycles. The summed E-state index contributed by atoms with van der Waals surface area (Å²) in [6, 6.07) is 19.9. The predicted molar refractivity (Wildman–Crippen MR) is 129 cm³/mol. The maximum atomic E-state index is 13.5. The highest BCUT2D eigenvalue weighted by atomic mass is 32.2. The fourth-order valence-electron chi connectivity index (χ4n) is 4.09. The third-order valence-electron chi connectivity index (χ3n) is 5.85. The molecule has 1 atom stereocenters. The van der Waals surface area contributed by atoms with Crippen molar-refractivity contribution in [1.82, 2.24) is 4.31 Å². The lowest BCUT2D eigenvalue weighted by Crippen LogP contribution is -2.40. The van der Waals surface area contributed by atoms with Gasteiger partial charge >= 0.3 is 0 Å². The van der Waals surface area contributed by atoms with Gasteiger partial charge in [-0.3, -0.25) is 4.79 Å². The van der Waals surface area contributed by atoms with E-state index in [2.05, 4.69) is 11.4 Å². The van der Waals surface area contributed by atoms with E-state index in [0.717, 1.165) is 16.7 Å². The Labute approximate surface area is 193 Å². The van der Waals surface area contributed by atoms with Gasteiger partial charge in [-0.05, 0) is 40.5 Å². The number of fused-ring (bicyclic) bond motifs is 1. The van der Waals surface area contributed by atoms with E-state index in [1.54, 1.807) is 18.2 Å². The summed E-state index contributed by atoms with van der Waals surface area (Å²) in [5.41, 5.74) is 9.95. The van der Waals surface area contributed by atoms with Crippen molar-refractivity contribution >= 4 is 27.1 Å². The van der Waals surface area contributed by atoms with Crippen molar-refractivity contribution in [1.29, 1.82) is 0 Å². The summed E-state index contributed by atoms with van der Waals surface area (Å²) in [6.07, 6.45) is 0.134. The number of hydrogen-bond acceptors (Lipinski definition) is 4. The highest BCUT2D eigenvalue weighted by Crippen LogP contribution is 2.38. The van der Waals surface area contributed by atoms with Crippen LogP contribution in [0.5, 0.6) is 0 Å². The lowest BCUT2D eigenvalue weighted by Gasteiger charge is -2.34. The van der Waals surface area contributed by atoms with Crippen LogP contribution < -0.4 is 5.73 Å². The van der Waals surface area contributed by atoms with Crippen LogP contribution >= 0.6 is 0 Å². The van der Waals surface area contributed by atoms with E-state index in [-0.39, 0.29) is 30.2 Å². The smallest absolute Gasteiger partial charge is 0.244 e. The highest BCUT2D eigenvalue weighted by molar-refractivity contribution is 7.89. The largest absolute Gasteiger partial charge is 0.398 e. The minimum absolute atomic E-state index is 0.0125. The van der Waals surface area contributed by atoms with Crippen LogP contribution in [0.4, 0.5) is 5.69 Å². The van der Waals surface area contributed by atoms with E-state index in [1.807, 2.05) is 30.3 Å². The molecule has 1 heterocycles. The number of rotatable bonds is 6. The molecule has 0 fully saturated rings. The van der Waals surface area contributed by atoms with Crippen LogP contribution in [-0.4, -0.2) is 31.6 Å². The van der Waals surface area contributed by atoms with Gasteiger partial charge in [-0.1, -0.05) is 61.2 Å². The molecule has 4 rings (SSSR count). The van der Waals surface area contributed by atoms with Crippen LogP contribution in [0.1, 0.15) is 33.1 Å². The zero-order valence-corrected chi connectivity index (χ0v) is 18.8. The first kappa shape index (κ1) is 22.5. The van der Waals surface area contributed by atoms with Gasteiger partial charge in [0.25, 0.3) is 0 Å². The monoisotopic (exact) mass is 457 g/mol. The lowest BCUT2D eigenvalue weighted by atomic mass is 9.91. The Morgan fingerprint density at radius 2 is 1.73 bits per heavy atom. The van der Waals surface area contributed by atoms with Crippen molar-refractivity contribution in [2.45, 2.75) is 17.4 Å². The molecule has 0 saturated carbocycles. The standard InChI is InChI=1S/C26H23N3O3S/c1-18-17-29(25(16-28-2)23-9-5-4-8-22(18)23)33(31,32)21-13-11-19(12-14-21)26(30)15-20-7-3-6-10-24(20)27/h3-14,25H,1,15-17,27H2. The Balaban J connectivity index is 1.62.